The van der Waals surface area contributed by atoms with Gasteiger partial charge in [0, 0.05) is 29.1 Å². The summed E-state index contributed by atoms with van der Waals surface area (Å²) in [4.78, 5) is 29.1. The predicted molar refractivity (Wildman–Crippen MR) is 141 cm³/mol. The standard InChI is InChI=1S/C29H30Cl2N2O2/c30-24-16-15-23(26(31)19-24)18-28(34)33(20-22-11-5-2-6-12-22)27(17-21-9-3-1-4-10-21)29(35)32-25-13-7-8-14-25/h1-6,9-12,15-16,19,25,27H,7-8,13-14,17-18,20H2,(H,32,35). The van der Waals surface area contributed by atoms with Crippen molar-refractivity contribution in [3.05, 3.63) is 106 Å². The molecule has 0 aromatic heterocycles. The lowest BCUT2D eigenvalue weighted by Crippen LogP contribution is -2.52. The van der Waals surface area contributed by atoms with Crippen molar-refractivity contribution in [2.24, 2.45) is 0 Å². The van der Waals surface area contributed by atoms with Crippen molar-refractivity contribution in [3.63, 3.8) is 0 Å². The molecule has 1 aliphatic rings. The van der Waals surface area contributed by atoms with Gasteiger partial charge in [-0.3, -0.25) is 9.59 Å². The summed E-state index contributed by atoms with van der Waals surface area (Å²) in [5.41, 5.74) is 2.66. The molecule has 0 bridgehead atoms. The van der Waals surface area contributed by atoms with Crippen LogP contribution in [0, 0.1) is 0 Å². The van der Waals surface area contributed by atoms with E-state index >= 15 is 0 Å². The molecule has 0 heterocycles. The lowest BCUT2D eigenvalue weighted by atomic mass is 10.0. The molecule has 4 rings (SSSR count). The molecule has 1 N–H and O–H groups in total. The Morgan fingerprint density at radius 3 is 2.14 bits per heavy atom. The number of carbonyl (C=O) groups is 2. The summed E-state index contributed by atoms with van der Waals surface area (Å²) in [6, 6.07) is 24.3. The Morgan fingerprint density at radius 2 is 1.51 bits per heavy atom. The average molecular weight is 509 g/mol. The van der Waals surface area contributed by atoms with Crippen molar-refractivity contribution < 1.29 is 9.59 Å². The third-order valence-electron chi connectivity index (χ3n) is 6.53. The predicted octanol–water partition coefficient (Wildman–Crippen LogP) is 6.23. The van der Waals surface area contributed by atoms with E-state index in [1.807, 2.05) is 60.7 Å². The Morgan fingerprint density at radius 1 is 0.886 bits per heavy atom. The average Bonchev–Trinajstić information content (AvgIpc) is 3.37. The molecule has 2 amide bonds. The van der Waals surface area contributed by atoms with E-state index in [1.165, 1.54) is 0 Å². The zero-order valence-corrected chi connectivity index (χ0v) is 21.1. The summed E-state index contributed by atoms with van der Waals surface area (Å²) < 4.78 is 0. The molecule has 1 aliphatic carbocycles. The third kappa shape index (κ3) is 7.09. The lowest BCUT2D eigenvalue weighted by Gasteiger charge is -2.32. The number of carbonyl (C=O) groups excluding carboxylic acids is 2. The minimum absolute atomic E-state index is 0.0881. The smallest absolute Gasteiger partial charge is 0.243 e. The van der Waals surface area contributed by atoms with Crippen LogP contribution in [0.5, 0.6) is 0 Å². The maximum absolute atomic E-state index is 13.8. The fraction of sp³-hybridized carbons (Fsp3) is 0.310. The van der Waals surface area contributed by atoms with Crippen LogP contribution in [-0.2, 0) is 29.0 Å². The van der Waals surface area contributed by atoms with E-state index in [0.717, 1.165) is 36.8 Å². The summed E-state index contributed by atoms with van der Waals surface area (Å²) in [7, 11) is 0. The number of benzene rings is 3. The number of rotatable bonds is 9. The molecule has 0 aliphatic heterocycles. The van der Waals surface area contributed by atoms with Crippen LogP contribution in [0.15, 0.2) is 78.9 Å². The van der Waals surface area contributed by atoms with Crippen LogP contribution in [0.25, 0.3) is 0 Å². The van der Waals surface area contributed by atoms with E-state index in [9.17, 15) is 9.59 Å². The fourth-order valence-corrected chi connectivity index (χ4v) is 5.11. The molecule has 0 saturated heterocycles. The van der Waals surface area contributed by atoms with Crippen LogP contribution in [0.1, 0.15) is 42.4 Å². The number of amides is 2. The van der Waals surface area contributed by atoms with Crippen molar-refractivity contribution in [3.8, 4) is 0 Å². The SMILES string of the molecule is O=C(NC1CCCC1)C(Cc1ccccc1)N(Cc1ccccc1)C(=O)Cc1ccc(Cl)cc1Cl. The Labute approximate surface area is 217 Å². The zero-order valence-electron chi connectivity index (χ0n) is 19.6. The van der Waals surface area contributed by atoms with Gasteiger partial charge in [-0.15, -0.1) is 0 Å². The third-order valence-corrected chi connectivity index (χ3v) is 7.11. The quantitative estimate of drug-likeness (QED) is 0.372. The summed E-state index contributed by atoms with van der Waals surface area (Å²) in [5.74, 6) is -0.257. The van der Waals surface area contributed by atoms with E-state index in [-0.39, 0.29) is 24.3 Å². The molecule has 0 radical (unpaired) electrons. The van der Waals surface area contributed by atoms with Crippen LogP contribution in [-0.4, -0.2) is 28.8 Å². The molecule has 4 nitrogen and oxygen atoms in total. The van der Waals surface area contributed by atoms with Gasteiger partial charge in [-0.2, -0.15) is 0 Å². The first kappa shape index (κ1) is 25.3. The van der Waals surface area contributed by atoms with E-state index < -0.39 is 6.04 Å². The van der Waals surface area contributed by atoms with Crippen molar-refractivity contribution in [1.82, 2.24) is 10.2 Å². The number of nitrogens with zero attached hydrogens (tertiary/aromatic N) is 1. The second-order valence-electron chi connectivity index (χ2n) is 9.12. The summed E-state index contributed by atoms with van der Waals surface area (Å²) in [6.07, 6.45) is 4.73. The molecule has 3 aromatic rings. The van der Waals surface area contributed by atoms with Crippen LogP contribution >= 0.6 is 23.2 Å². The van der Waals surface area contributed by atoms with Crippen LogP contribution < -0.4 is 5.32 Å². The largest absolute Gasteiger partial charge is 0.352 e. The normalized spacial score (nSPS) is 14.5. The number of halogens is 2. The number of hydrogen-bond donors (Lipinski definition) is 1. The highest BCUT2D eigenvalue weighted by atomic mass is 35.5. The van der Waals surface area contributed by atoms with E-state index in [1.54, 1.807) is 23.1 Å². The van der Waals surface area contributed by atoms with Gasteiger partial charge in [-0.05, 0) is 41.7 Å². The van der Waals surface area contributed by atoms with Gasteiger partial charge in [-0.25, -0.2) is 0 Å². The lowest BCUT2D eigenvalue weighted by molar-refractivity contribution is -0.141. The number of hydrogen-bond acceptors (Lipinski definition) is 2. The Hall–Kier alpha value is -2.82. The first-order valence-corrected chi connectivity index (χ1v) is 12.9. The van der Waals surface area contributed by atoms with Crippen molar-refractivity contribution in [2.45, 2.75) is 57.2 Å². The van der Waals surface area contributed by atoms with Gasteiger partial charge >= 0.3 is 0 Å². The topological polar surface area (TPSA) is 49.4 Å². The van der Waals surface area contributed by atoms with E-state index in [0.29, 0.717) is 28.6 Å². The molecule has 0 spiro atoms. The number of nitrogens with one attached hydrogen (secondary N) is 1. The molecular formula is C29H30Cl2N2O2. The molecule has 1 saturated carbocycles. The van der Waals surface area contributed by atoms with Crippen molar-refractivity contribution >= 4 is 35.0 Å². The molecule has 3 aromatic carbocycles. The molecule has 1 atom stereocenters. The monoisotopic (exact) mass is 508 g/mol. The highest BCUT2D eigenvalue weighted by molar-refractivity contribution is 6.35. The van der Waals surface area contributed by atoms with Crippen molar-refractivity contribution in [1.29, 1.82) is 0 Å². The first-order chi connectivity index (χ1) is 17.0. The van der Waals surface area contributed by atoms with Crippen LogP contribution in [0.4, 0.5) is 0 Å². The minimum atomic E-state index is -0.642. The Kier molecular flexibility index (Phi) is 8.84. The first-order valence-electron chi connectivity index (χ1n) is 12.1. The minimum Gasteiger partial charge on any atom is -0.352 e. The summed E-state index contributed by atoms with van der Waals surface area (Å²) in [6.45, 7) is 0.334. The Bertz CT molecular complexity index is 1130. The maximum atomic E-state index is 13.8. The van der Waals surface area contributed by atoms with Crippen molar-refractivity contribution in [2.75, 3.05) is 0 Å². The molecule has 1 unspecified atom stereocenters. The van der Waals surface area contributed by atoms with Crippen LogP contribution in [0.3, 0.4) is 0 Å². The molecule has 182 valence electrons. The second kappa shape index (κ2) is 12.2. The highest BCUT2D eigenvalue weighted by Crippen LogP contribution is 2.24. The van der Waals surface area contributed by atoms with Gasteiger partial charge in [0.2, 0.25) is 11.8 Å². The Balaban J connectivity index is 1.65. The van der Waals surface area contributed by atoms with Crippen LogP contribution in [0.2, 0.25) is 10.0 Å². The molecular weight excluding hydrogens is 479 g/mol. The second-order valence-corrected chi connectivity index (χ2v) is 9.96. The van der Waals surface area contributed by atoms with E-state index in [2.05, 4.69) is 5.32 Å². The molecule has 6 heteroatoms. The van der Waals surface area contributed by atoms with Gasteiger partial charge in [-0.1, -0.05) is 103 Å². The van der Waals surface area contributed by atoms with E-state index in [4.69, 9.17) is 23.2 Å². The summed E-state index contributed by atoms with van der Waals surface area (Å²) in [5, 5.41) is 4.19. The molecule has 1 fully saturated rings. The van der Waals surface area contributed by atoms with Gasteiger partial charge in [0.25, 0.3) is 0 Å². The fourth-order valence-electron chi connectivity index (χ4n) is 4.63. The summed E-state index contributed by atoms with van der Waals surface area (Å²) >= 11 is 12.4. The van der Waals surface area contributed by atoms with Gasteiger partial charge in [0.1, 0.15) is 6.04 Å². The van der Waals surface area contributed by atoms with Gasteiger partial charge < -0.3 is 10.2 Å². The van der Waals surface area contributed by atoms with Gasteiger partial charge in [0.05, 0.1) is 6.42 Å². The van der Waals surface area contributed by atoms with Gasteiger partial charge in [0.15, 0.2) is 0 Å². The highest BCUT2D eigenvalue weighted by Gasteiger charge is 2.32. The molecule has 35 heavy (non-hydrogen) atoms. The maximum Gasteiger partial charge on any atom is 0.243 e. The zero-order chi connectivity index (χ0) is 24.6.